The number of hydrogen-bond acceptors (Lipinski definition) is 4. The first-order valence-corrected chi connectivity index (χ1v) is 12.7. The van der Waals surface area contributed by atoms with Gasteiger partial charge in [0.2, 0.25) is 0 Å². The average Bonchev–Trinajstić information content (AvgIpc) is 2.79. The van der Waals surface area contributed by atoms with E-state index >= 15 is 0 Å². The molecule has 1 atom stereocenters. The van der Waals surface area contributed by atoms with E-state index in [0.29, 0.717) is 0 Å². The first-order chi connectivity index (χ1) is 15.9. The molecule has 6 nitrogen and oxygen atoms in total. The zero-order valence-electron chi connectivity index (χ0n) is 20.4. The third-order valence-corrected chi connectivity index (χ3v) is 6.00. The molecular weight excluding hydrogens is 420 g/mol. The van der Waals surface area contributed by atoms with E-state index in [9.17, 15) is 24.6 Å². The molecule has 1 rings (SSSR count). The summed E-state index contributed by atoms with van der Waals surface area (Å²) in [6, 6.07) is 3.44. The molecule has 0 aliphatic carbocycles. The SMILES string of the molecule is CCCCCCCCCC(CCCCCCCC)OC(=O)c1cc(C(=O)O)ccc1C(=O)O. The van der Waals surface area contributed by atoms with Gasteiger partial charge in [-0.2, -0.15) is 0 Å². The minimum absolute atomic E-state index is 0.133. The van der Waals surface area contributed by atoms with Crippen molar-refractivity contribution in [3.8, 4) is 0 Å². The molecule has 33 heavy (non-hydrogen) atoms. The highest BCUT2D eigenvalue weighted by atomic mass is 16.5. The lowest BCUT2D eigenvalue weighted by Crippen LogP contribution is -2.21. The van der Waals surface area contributed by atoms with Crippen molar-refractivity contribution in [3.05, 3.63) is 34.9 Å². The monoisotopic (exact) mass is 462 g/mol. The van der Waals surface area contributed by atoms with Crippen molar-refractivity contribution in [3.63, 3.8) is 0 Å². The molecule has 0 bridgehead atoms. The largest absolute Gasteiger partial charge is 0.478 e. The van der Waals surface area contributed by atoms with Crippen LogP contribution >= 0.6 is 0 Å². The number of carbonyl (C=O) groups is 3. The van der Waals surface area contributed by atoms with E-state index < -0.39 is 17.9 Å². The lowest BCUT2D eigenvalue weighted by molar-refractivity contribution is 0.0244. The summed E-state index contributed by atoms with van der Waals surface area (Å²) >= 11 is 0. The van der Waals surface area contributed by atoms with Gasteiger partial charge in [0.15, 0.2) is 0 Å². The second kappa shape index (κ2) is 17.2. The molecule has 0 fully saturated rings. The summed E-state index contributed by atoms with van der Waals surface area (Å²) in [5, 5.41) is 18.7. The fraction of sp³-hybridized carbons (Fsp3) is 0.667. The van der Waals surface area contributed by atoms with Crippen LogP contribution in [0.3, 0.4) is 0 Å². The van der Waals surface area contributed by atoms with Crippen LogP contribution in [0.2, 0.25) is 0 Å². The van der Waals surface area contributed by atoms with Crippen LogP contribution in [-0.2, 0) is 4.74 Å². The van der Waals surface area contributed by atoms with Gasteiger partial charge < -0.3 is 14.9 Å². The van der Waals surface area contributed by atoms with Crippen LogP contribution in [0.5, 0.6) is 0 Å². The fourth-order valence-electron chi connectivity index (χ4n) is 3.99. The Morgan fingerprint density at radius 1 is 0.697 bits per heavy atom. The number of hydrogen-bond donors (Lipinski definition) is 2. The number of esters is 1. The van der Waals surface area contributed by atoms with Gasteiger partial charge in [-0.3, -0.25) is 0 Å². The summed E-state index contributed by atoms with van der Waals surface area (Å²) < 4.78 is 5.74. The zero-order valence-corrected chi connectivity index (χ0v) is 20.4. The third-order valence-electron chi connectivity index (χ3n) is 6.00. The van der Waals surface area contributed by atoms with E-state index in [2.05, 4.69) is 13.8 Å². The summed E-state index contributed by atoms with van der Waals surface area (Å²) in [7, 11) is 0. The van der Waals surface area contributed by atoms with E-state index in [1.54, 1.807) is 0 Å². The standard InChI is InChI=1S/C27H42O6/c1-3-5-7-9-11-13-15-17-22(16-14-12-10-8-6-4-2)33-27(32)24-20-21(25(28)29)18-19-23(24)26(30)31/h18-20,22H,3-17H2,1-2H3,(H,28,29)(H,30,31). The van der Waals surface area contributed by atoms with Crippen LogP contribution < -0.4 is 0 Å². The summed E-state index contributed by atoms with van der Waals surface area (Å²) in [5.74, 6) is -3.25. The molecule has 0 amide bonds. The van der Waals surface area contributed by atoms with Gasteiger partial charge in [0, 0.05) is 0 Å². The van der Waals surface area contributed by atoms with Crippen molar-refractivity contribution >= 4 is 17.9 Å². The number of aromatic carboxylic acids is 2. The molecule has 0 aromatic heterocycles. The van der Waals surface area contributed by atoms with Crippen LogP contribution in [0.1, 0.15) is 141 Å². The highest BCUT2D eigenvalue weighted by molar-refractivity contribution is 6.04. The summed E-state index contributed by atoms with van der Waals surface area (Å²) in [4.78, 5) is 35.7. The van der Waals surface area contributed by atoms with Crippen LogP contribution in [0.4, 0.5) is 0 Å². The Labute approximate surface area is 198 Å². The van der Waals surface area contributed by atoms with E-state index in [1.165, 1.54) is 57.4 Å². The number of carboxylic acid groups (broad SMARTS) is 2. The fourth-order valence-corrected chi connectivity index (χ4v) is 3.99. The predicted molar refractivity (Wildman–Crippen MR) is 130 cm³/mol. The van der Waals surface area contributed by atoms with E-state index in [1.807, 2.05) is 0 Å². The highest BCUT2D eigenvalue weighted by Gasteiger charge is 2.23. The molecule has 0 saturated heterocycles. The lowest BCUT2D eigenvalue weighted by Gasteiger charge is -2.19. The molecule has 0 spiro atoms. The Bertz CT molecular complexity index is 727. The molecule has 0 aliphatic rings. The van der Waals surface area contributed by atoms with Gasteiger partial charge in [-0.25, -0.2) is 14.4 Å². The van der Waals surface area contributed by atoms with Crippen molar-refractivity contribution in [1.82, 2.24) is 0 Å². The topological polar surface area (TPSA) is 101 Å². The third kappa shape index (κ3) is 11.9. The van der Waals surface area contributed by atoms with E-state index in [4.69, 9.17) is 4.74 Å². The van der Waals surface area contributed by atoms with Crippen molar-refractivity contribution in [2.45, 2.75) is 116 Å². The number of unbranched alkanes of at least 4 members (excludes halogenated alkanes) is 11. The smallest absolute Gasteiger partial charge is 0.339 e. The molecule has 1 aromatic rings. The Morgan fingerprint density at radius 2 is 1.18 bits per heavy atom. The normalized spacial score (nSPS) is 11.8. The molecule has 0 radical (unpaired) electrons. The van der Waals surface area contributed by atoms with Gasteiger partial charge in [0.1, 0.15) is 6.10 Å². The maximum atomic E-state index is 12.9. The zero-order chi connectivity index (χ0) is 24.5. The molecule has 0 saturated carbocycles. The summed E-state index contributed by atoms with van der Waals surface area (Å²) in [6.45, 7) is 4.38. The molecule has 0 aliphatic heterocycles. The first kappa shape index (κ1) is 28.7. The van der Waals surface area contributed by atoms with Crippen molar-refractivity contribution in [2.75, 3.05) is 0 Å². The molecule has 1 aromatic carbocycles. The molecule has 2 N–H and O–H groups in total. The van der Waals surface area contributed by atoms with Crippen molar-refractivity contribution in [2.24, 2.45) is 0 Å². The van der Waals surface area contributed by atoms with Crippen LogP contribution in [-0.4, -0.2) is 34.2 Å². The first-order valence-electron chi connectivity index (χ1n) is 12.7. The van der Waals surface area contributed by atoms with Gasteiger partial charge in [-0.05, 0) is 43.9 Å². The van der Waals surface area contributed by atoms with Gasteiger partial charge in [-0.1, -0.05) is 84.5 Å². The molecular formula is C27H42O6. The maximum Gasteiger partial charge on any atom is 0.339 e. The second-order valence-corrected chi connectivity index (χ2v) is 8.86. The Balaban J connectivity index is 2.75. The van der Waals surface area contributed by atoms with Crippen LogP contribution in [0, 0.1) is 0 Å². The minimum atomic E-state index is -1.28. The predicted octanol–water partition coefficient (Wildman–Crippen LogP) is 7.50. The average molecular weight is 463 g/mol. The molecule has 1 unspecified atom stereocenters. The van der Waals surface area contributed by atoms with E-state index in [-0.39, 0.29) is 22.8 Å². The number of carbonyl (C=O) groups excluding carboxylic acids is 1. The Kier molecular flexibility index (Phi) is 14.9. The number of ether oxygens (including phenoxy) is 1. The van der Waals surface area contributed by atoms with Gasteiger partial charge in [0.25, 0.3) is 0 Å². The van der Waals surface area contributed by atoms with Crippen molar-refractivity contribution < 1.29 is 29.3 Å². The highest BCUT2D eigenvalue weighted by Crippen LogP contribution is 2.21. The van der Waals surface area contributed by atoms with Crippen LogP contribution in [0.25, 0.3) is 0 Å². The maximum absolute atomic E-state index is 12.9. The van der Waals surface area contributed by atoms with E-state index in [0.717, 1.165) is 57.1 Å². The Morgan fingerprint density at radius 3 is 1.64 bits per heavy atom. The summed E-state index contributed by atoms with van der Waals surface area (Å²) in [5.41, 5.74) is -0.569. The summed E-state index contributed by atoms with van der Waals surface area (Å²) in [6.07, 6.45) is 16.2. The van der Waals surface area contributed by atoms with Crippen molar-refractivity contribution in [1.29, 1.82) is 0 Å². The number of carboxylic acids is 2. The van der Waals surface area contributed by atoms with Gasteiger partial charge in [0.05, 0.1) is 16.7 Å². The lowest BCUT2D eigenvalue weighted by atomic mass is 10.0. The quantitative estimate of drug-likeness (QED) is 0.163. The van der Waals surface area contributed by atoms with Crippen LogP contribution in [0.15, 0.2) is 18.2 Å². The Hall–Kier alpha value is -2.37. The minimum Gasteiger partial charge on any atom is -0.478 e. The van der Waals surface area contributed by atoms with Gasteiger partial charge >= 0.3 is 17.9 Å². The van der Waals surface area contributed by atoms with Gasteiger partial charge in [-0.15, -0.1) is 0 Å². The second-order valence-electron chi connectivity index (χ2n) is 8.86. The molecule has 0 heterocycles. The number of rotatable bonds is 19. The molecule has 6 heteroatoms. The molecule has 186 valence electrons. The number of benzene rings is 1.